The summed E-state index contributed by atoms with van der Waals surface area (Å²) in [5.74, 6) is -2.69. The summed E-state index contributed by atoms with van der Waals surface area (Å²) in [6.45, 7) is 6.55. The summed E-state index contributed by atoms with van der Waals surface area (Å²) in [5.41, 5.74) is 5.16. The van der Waals surface area contributed by atoms with Gasteiger partial charge in [-0.2, -0.15) is 0 Å². The Kier molecular flexibility index (Phi) is 11.5. The lowest BCUT2D eigenvalue weighted by atomic mass is 9.93. The van der Waals surface area contributed by atoms with Gasteiger partial charge in [0.1, 0.15) is 29.9 Å². The van der Waals surface area contributed by atoms with Gasteiger partial charge < -0.3 is 30.7 Å². The maximum atomic E-state index is 13.0. The van der Waals surface area contributed by atoms with Crippen LogP contribution in [0.1, 0.15) is 39.8 Å². The Morgan fingerprint density at radius 3 is 2.60 bits per heavy atom. The van der Waals surface area contributed by atoms with Crippen molar-refractivity contribution >= 4 is 76.0 Å². The van der Waals surface area contributed by atoms with Gasteiger partial charge in [-0.25, -0.2) is 9.78 Å². The van der Waals surface area contributed by atoms with Gasteiger partial charge in [0, 0.05) is 11.1 Å². The molecule has 220 valence electrons. The molecule has 0 aromatic carbocycles. The number of ether oxygens (including phenoxy) is 2. The molecule has 1 aromatic rings. The summed E-state index contributed by atoms with van der Waals surface area (Å²) in [5, 5.41) is 9.98. The van der Waals surface area contributed by atoms with Gasteiger partial charge in [0.2, 0.25) is 12.7 Å². The lowest BCUT2D eigenvalue weighted by Gasteiger charge is -2.48. The zero-order chi connectivity index (χ0) is 28.9. The van der Waals surface area contributed by atoms with Gasteiger partial charge in [0.05, 0.1) is 12.5 Å². The van der Waals surface area contributed by atoms with Gasteiger partial charge in [-0.15, -0.1) is 35.5 Å². The number of hydrogen-bond donors (Lipinski definition) is 3. The zero-order valence-electron chi connectivity index (χ0n) is 22.4. The number of oxime groups is 1. The number of nitrogens with one attached hydrogen (secondary N) is 2. The molecule has 1 fully saturated rings. The number of anilines is 1. The maximum absolute atomic E-state index is 13.0. The zero-order valence-corrected chi connectivity index (χ0v) is 24.9. The third kappa shape index (κ3) is 8.16. The van der Waals surface area contributed by atoms with Crippen molar-refractivity contribution in [1.82, 2.24) is 15.2 Å². The number of nitrogens with two attached hydrogens (primary N) is 1. The average Bonchev–Trinajstić information content (AvgIpc) is 3.31. The number of hydrogen-bond acceptors (Lipinski definition) is 13. The first-order valence-electron chi connectivity index (χ1n) is 11.7. The first-order chi connectivity index (χ1) is 18.3. The number of thioether (sulfide) groups is 1. The minimum Gasteiger partial charge on any atom is -0.428 e. The van der Waals surface area contributed by atoms with Gasteiger partial charge in [-0.3, -0.25) is 24.1 Å². The Morgan fingerprint density at radius 2 is 1.98 bits per heavy atom. The van der Waals surface area contributed by atoms with Crippen LogP contribution in [0.5, 0.6) is 0 Å². The molecule has 0 spiro atoms. The third-order valence-electron chi connectivity index (χ3n) is 5.21. The molecule has 0 aliphatic carbocycles. The Labute approximate surface area is 244 Å². The second-order valence-electron chi connectivity index (χ2n) is 9.71. The molecule has 1 saturated heterocycles. The molecule has 2 aliphatic rings. The van der Waals surface area contributed by atoms with Crippen molar-refractivity contribution < 1.29 is 38.3 Å². The summed E-state index contributed by atoms with van der Waals surface area (Å²) in [7, 11) is 1.24. The van der Waals surface area contributed by atoms with Crippen LogP contribution in [0.25, 0.3) is 0 Å². The molecule has 17 heteroatoms. The van der Waals surface area contributed by atoms with E-state index in [4.69, 9.17) is 20.0 Å². The number of halogens is 1. The number of β-lactam (4-membered cyclic amide) rings is 1. The summed E-state index contributed by atoms with van der Waals surface area (Å²) < 4.78 is 9.99. The van der Waals surface area contributed by atoms with Crippen LogP contribution in [-0.4, -0.2) is 82.4 Å². The highest BCUT2D eigenvalue weighted by molar-refractivity contribution is 8.00. The maximum Gasteiger partial charge on any atom is 0.357 e. The number of aromatic nitrogens is 1. The van der Waals surface area contributed by atoms with Crippen LogP contribution < -0.4 is 16.4 Å². The average molecular weight is 619 g/mol. The fraction of sp³-hybridized carbons (Fsp3) is 0.522. The molecule has 3 heterocycles. The predicted octanol–water partition coefficient (Wildman–Crippen LogP) is 0.965. The van der Waals surface area contributed by atoms with Gasteiger partial charge in [-0.1, -0.05) is 25.9 Å². The van der Waals surface area contributed by atoms with Gasteiger partial charge in [0.15, 0.2) is 10.8 Å². The standard InChI is InChI=1S/C23H30N6O8S2.ClH/c1-11(24)17(31)27-22-25-12(9-39-22)15(28-35-5)18(32)26-16-19(33)29-13(6-7-38-20(16)29)21(34)37-10-36-14(30)8-23(2,3)4;/h6,9,11,16,20H,7-8,10,24H2,1-5H3,(H,26,32)(H,25,27,31);1H/t11-,16?,20+;/m0./s1. The number of rotatable bonds is 10. The molecule has 3 amide bonds. The highest BCUT2D eigenvalue weighted by Gasteiger charge is 2.53. The van der Waals surface area contributed by atoms with Crippen molar-refractivity contribution in [3.05, 3.63) is 22.8 Å². The minimum absolute atomic E-state index is 0. The number of carbonyl (C=O) groups is 5. The minimum atomic E-state index is -0.957. The van der Waals surface area contributed by atoms with Crippen LogP contribution in [-0.2, 0) is 38.3 Å². The van der Waals surface area contributed by atoms with E-state index in [1.54, 1.807) is 0 Å². The lowest BCUT2D eigenvalue weighted by molar-refractivity contribution is -0.169. The van der Waals surface area contributed by atoms with Crippen molar-refractivity contribution in [1.29, 1.82) is 0 Å². The normalized spacial score (nSPS) is 19.1. The molecule has 1 aromatic heterocycles. The monoisotopic (exact) mass is 618 g/mol. The number of esters is 2. The second kappa shape index (κ2) is 13.9. The molecule has 0 bridgehead atoms. The van der Waals surface area contributed by atoms with Gasteiger partial charge >= 0.3 is 11.9 Å². The first kappa shape index (κ1) is 33.0. The van der Waals surface area contributed by atoms with Crippen LogP contribution in [0.15, 0.2) is 22.3 Å². The van der Waals surface area contributed by atoms with E-state index in [9.17, 15) is 24.0 Å². The molecule has 0 saturated carbocycles. The molecule has 3 rings (SSSR count). The van der Waals surface area contributed by atoms with E-state index in [1.807, 2.05) is 20.8 Å². The predicted molar refractivity (Wildman–Crippen MR) is 149 cm³/mol. The van der Waals surface area contributed by atoms with Crippen LogP contribution in [0.2, 0.25) is 0 Å². The van der Waals surface area contributed by atoms with E-state index in [-0.39, 0.29) is 46.5 Å². The number of nitrogens with zero attached hydrogens (tertiary/aromatic N) is 3. The molecule has 0 radical (unpaired) electrons. The molecule has 14 nitrogen and oxygen atoms in total. The Bertz CT molecular complexity index is 1210. The highest BCUT2D eigenvalue weighted by atomic mass is 35.5. The second-order valence-corrected chi connectivity index (χ2v) is 11.7. The fourth-order valence-corrected chi connectivity index (χ4v) is 5.29. The molecular weight excluding hydrogens is 588 g/mol. The number of fused-ring (bicyclic) bond motifs is 1. The van der Waals surface area contributed by atoms with Crippen LogP contribution in [0, 0.1) is 5.41 Å². The van der Waals surface area contributed by atoms with E-state index >= 15 is 0 Å². The number of amides is 3. The number of thiazole rings is 1. The molecule has 40 heavy (non-hydrogen) atoms. The fourth-order valence-electron chi connectivity index (χ4n) is 3.40. The Balaban J connectivity index is 0.00000560. The van der Waals surface area contributed by atoms with E-state index in [1.165, 1.54) is 42.2 Å². The lowest BCUT2D eigenvalue weighted by Crippen LogP contribution is -2.70. The van der Waals surface area contributed by atoms with Gasteiger partial charge in [-0.05, 0) is 18.4 Å². The molecule has 4 N–H and O–H groups in total. The first-order valence-corrected chi connectivity index (χ1v) is 13.7. The summed E-state index contributed by atoms with van der Waals surface area (Å²) in [4.78, 5) is 72.3. The Morgan fingerprint density at radius 1 is 1.27 bits per heavy atom. The van der Waals surface area contributed by atoms with E-state index in [0.29, 0.717) is 5.75 Å². The number of carbonyl (C=O) groups excluding carboxylic acids is 5. The van der Waals surface area contributed by atoms with Crippen LogP contribution in [0.4, 0.5) is 5.13 Å². The summed E-state index contributed by atoms with van der Waals surface area (Å²) in [6.07, 6.45) is 1.68. The van der Waals surface area contributed by atoms with Crippen molar-refractivity contribution in [2.24, 2.45) is 16.3 Å². The molecule has 3 atom stereocenters. The topological polar surface area (TPSA) is 192 Å². The van der Waals surface area contributed by atoms with Crippen LogP contribution >= 0.6 is 35.5 Å². The van der Waals surface area contributed by atoms with Crippen molar-refractivity contribution in [2.75, 3.05) is 25.0 Å². The molecule has 2 aliphatic heterocycles. The third-order valence-corrected chi connectivity index (χ3v) is 7.16. The van der Waals surface area contributed by atoms with E-state index < -0.39 is 53.9 Å². The SMILES string of the molecule is CON=C(C(=O)NC1C(=O)N2C(C(=O)OCOC(=O)CC(C)(C)C)=CCS[C@H]12)c1csc(NC(=O)[C@H](C)N)n1.Cl. The smallest absolute Gasteiger partial charge is 0.357 e. The molecule has 1 unspecified atom stereocenters. The van der Waals surface area contributed by atoms with E-state index in [0.717, 1.165) is 11.3 Å². The van der Waals surface area contributed by atoms with E-state index in [2.05, 4.69) is 20.8 Å². The largest absolute Gasteiger partial charge is 0.428 e. The summed E-state index contributed by atoms with van der Waals surface area (Å²) >= 11 is 2.39. The van der Waals surface area contributed by atoms with Gasteiger partial charge in [0.25, 0.3) is 11.8 Å². The van der Waals surface area contributed by atoms with Crippen molar-refractivity contribution in [3.8, 4) is 0 Å². The van der Waals surface area contributed by atoms with Crippen molar-refractivity contribution in [2.45, 2.75) is 51.6 Å². The van der Waals surface area contributed by atoms with Crippen molar-refractivity contribution in [3.63, 3.8) is 0 Å². The summed E-state index contributed by atoms with van der Waals surface area (Å²) in [6, 6.07) is -1.71. The Hall–Kier alpha value is -3.21. The van der Waals surface area contributed by atoms with Crippen LogP contribution in [0.3, 0.4) is 0 Å². The quantitative estimate of drug-likeness (QED) is 0.111. The molecular formula is C23H31ClN6O8S2. The highest BCUT2D eigenvalue weighted by Crippen LogP contribution is 2.38.